The van der Waals surface area contributed by atoms with Crippen molar-refractivity contribution in [3.05, 3.63) is 23.8 Å². The molecule has 7 nitrogen and oxygen atoms in total. The lowest BCUT2D eigenvalue weighted by Crippen LogP contribution is -2.48. The zero-order valence-electron chi connectivity index (χ0n) is 22.9. The molecule has 1 amide bonds. The Bertz CT molecular complexity index is 707. The second-order valence-corrected chi connectivity index (χ2v) is 12.5. The Balaban J connectivity index is 3.49. The molecule has 36 heavy (non-hydrogen) atoms. The molecule has 0 aromatic rings. The number of hydrogen-bond donors (Lipinski definition) is 1. The lowest BCUT2D eigenvalue weighted by Gasteiger charge is -2.27. The molecule has 0 rings (SSSR count). The Labute approximate surface area is 224 Å². The number of rotatable bonds is 25. The van der Waals surface area contributed by atoms with Crippen LogP contribution in [0.25, 0.3) is 0 Å². The van der Waals surface area contributed by atoms with Crippen molar-refractivity contribution in [2.24, 2.45) is 0 Å². The monoisotopic (exact) mass is 548 g/mol. The van der Waals surface area contributed by atoms with Crippen molar-refractivity contribution < 1.29 is 27.5 Å². The van der Waals surface area contributed by atoms with E-state index < -0.39 is 21.4 Å². The minimum Gasteiger partial charge on any atom is -0.748 e. The lowest BCUT2D eigenvalue weighted by molar-refractivity contribution is -0.253. The molecule has 1 N–H and O–H groups in total. The number of unbranched alkanes of at least 4 members (excludes halogenated alkanes) is 12. The van der Waals surface area contributed by atoms with Gasteiger partial charge >= 0.3 is 0 Å². The van der Waals surface area contributed by atoms with Gasteiger partial charge in [0.05, 0.1) is 22.5 Å². The number of carbonyl (C=O) groups excluding carboxylic acids is 1. The largest absolute Gasteiger partial charge is 0.748 e. The normalized spacial score (nSPS) is 12.2. The van der Waals surface area contributed by atoms with E-state index in [0.29, 0.717) is 17.5 Å². The molecule has 0 aromatic carbocycles. The van der Waals surface area contributed by atoms with Gasteiger partial charge < -0.3 is 14.8 Å². The zero-order valence-corrected chi connectivity index (χ0v) is 24.5. The number of allylic oxidation sites excluding steroid dienone is 2. The predicted molar refractivity (Wildman–Crippen MR) is 149 cm³/mol. The van der Waals surface area contributed by atoms with Crippen LogP contribution in [0.2, 0.25) is 0 Å². The fraction of sp³-hybridized carbons (Fsp3) is 0.815. The summed E-state index contributed by atoms with van der Waals surface area (Å²) in [6.45, 7) is 9.50. The summed E-state index contributed by atoms with van der Waals surface area (Å²) >= 11 is 1.25. The van der Waals surface area contributed by atoms with E-state index in [4.69, 9.17) is 9.78 Å². The van der Waals surface area contributed by atoms with Crippen LogP contribution >= 0.6 is 11.8 Å². The molecule has 212 valence electrons. The molecule has 0 fully saturated rings. The van der Waals surface area contributed by atoms with Crippen molar-refractivity contribution in [2.45, 2.75) is 123 Å². The van der Waals surface area contributed by atoms with E-state index in [1.54, 1.807) is 0 Å². The summed E-state index contributed by atoms with van der Waals surface area (Å²) in [7, 11) is -4.42. The van der Waals surface area contributed by atoms with Crippen LogP contribution in [0, 0.1) is 0 Å². The highest BCUT2D eigenvalue weighted by Crippen LogP contribution is 2.17. The smallest absolute Gasteiger partial charge is 0.221 e. The molecule has 0 aliphatic carbocycles. The van der Waals surface area contributed by atoms with E-state index >= 15 is 0 Å². The maximum atomic E-state index is 11.9. The highest BCUT2D eigenvalue weighted by Gasteiger charge is 2.23. The van der Waals surface area contributed by atoms with Gasteiger partial charge in [0.15, 0.2) is 5.09 Å². The van der Waals surface area contributed by atoms with Gasteiger partial charge in [0.1, 0.15) is 0 Å². The van der Waals surface area contributed by atoms with Crippen molar-refractivity contribution in [1.29, 1.82) is 0 Å². The maximum absolute atomic E-state index is 11.9. The summed E-state index contributed by atoms with van der Waals surface area (Å²) in [4.78, 5) is 22.2. The van der Waals surface area contributed by atoms with E-state index in [1.165, 1.54) is 103 Å². The van der Waals surface area contributed by atoms with Crippen LogP contribution in [-0.2, 0) is 24.7 Å². The van der Waals surface area contributed by atoms with Crippen LogP contribution in [0.5, 0.6) is 0 Å². The van der Waals surface area contributed by atoms with Crippen LogP contribution in [0.15, 0.2) is 23.8 Å². The Kier molecular flexibility index (Phi) is 21.4. The second-order valence-electron chi connectivity index (χ2n) is 9.95. The van der Waals surface area contributed by atoms with Gasteiger partial charge in [-0.2, -0.15) is 4.89 Å². The first-order valence-corrected chi connectivity index (χ1v) is 16.1. The van der Waals surface area contributed by atoms with Crippen LogP contribution in [-0.4, -0.2) is 42.5 Å². The molecule has 0 aliphatic rings. The topological polar surface area (TPSA) is 105 Å². The van der Waals surface area contributed by atoms with Gasteiger partial charge in [0, 0.05) is 17.7 Å². The SMILES string of the molecule is C=C(OOCCCCCCCC/C=C/CCCCCCCC)SCCC(=O)NC(C)(C)CS(=O)(=O)[O-]. The summed E-state index contributed by atoms with van der Waals surface area (Å²) in [5.41, 5.74) is -1.11. The molecule has 0 saturated heterocycles. The summed E-state index contributed by atoms with van der Waals surface area (Å²) < 4.78 is 32.6. The van der Waals surface area contributed by atoms with E-state index in [1.807, 2.05) is 0 Å². The minimum atomic E-state index is -4.42. The second kappa shape index (κ2) is 22.0. The molecule has 0 spiro atoms. The molecular weight excluding hydrogens is 498 g/mol. The van der Waals surface area contributed by atoms with Gasteiger partial charge in [-0.3, -0.25) is 4.79 Å². The quantitative estimate of drug-likeness (QED) is 0.0327. The summed E-state index contributed by atoms with van der Waals surface area (Å²) in [5, 5.41) is 2.92. The first kappa shape index (κ1) is 35.0. The highest BCUT2D eigenvalue weighted by atomic mass is 32.2. The van der Waals surface area contributed by atoms with Gasteiger partial charge in [0.25, 0.3) is 0 Å². The average Bonchev–Trinajstić information content (AvgIpc) is 2.76. The van der Waals surface area contributed by atoms with E-state index in [0.717, 1.165) is 12.8 Å². The Morgan fingerprint density at radius 3 is 2.03 bits per heavy atom. The molecular formula is C27H50NO6S2-. The molecule has 0 aliphatic heterocycles. The third-order valence-corrected chi connectivity index (χ3v) is 7.37. The lowest BCUT2D eigenvalue weighted by atomic mass is 10.1. The van der Waals surface area contributed by atoms with Crippen LogP contribution in [0.3, 0.4) is 0 Å². The fourth-order valence-corrected chi connectivity index (χ4v) is 5.28. The zero-order chi connectivity index (χ0) is 27.1. The predicted octanol–water partition coefficient (Wildman–Crippen LogP) is 7.01. The Morgan fingerprint density at radius 2 is 1.47 bits per heavy atom. The molecule has 0 saturated carbocycles. The first-order valence-electron chi connectivity index (χ1n) is 13.6. The van der Waals surface area contributed by atoms with Gasteiger partial charge in [-0.05, 0) is 52.5 Å². The van der Waals surface area contributed by atoms with Crippen LogP contribution in [0.4, 0.5) is 0 Å². The van der Waals surface area contributed by atoms with E-state index in [2.05, 4.69) is 31.0 Å². The van der Waals surface area contributed by atoms with E-state index in [9.17, 15) is 17.8 Å². The van der Waals surface area contributed by atoms with Crippen molar-refractivity contribution in [3.8, 4) is 0 Å². The maximum Gasteiger partial charge on any atom is 0.221 e. The number of thioether (sulfide) groups is 1. The van der Waals surface area contributed by atoms with Gasteiger partial charge in [-0.25, -0.2) is 8.42 Å². The number of hydrogen-bond acceptors (Lipinski definition) is 7. The molecule has 9 heteroatoms. The van der Waals surface area contributed by atoms with Crippen molar-refractivity contribution in [3.63, 3.8) is 0 Å². The summed E-state index contributed by atoms with van der Waals surface area (Å²) in [6.07, 6.45) is 22.4. The van der Waals surface area contributed by atoms with Crippen LogP contribution < -0.4 is 5.32 Å². The molecule has 0 bridgehead atoms. The van der Waals surface area contributed by atoms with Gasteiger partial charge in [-0.1, -0.05) is 88.6 Å². The van der Waals surface area contributed by atoms with E-state index in [-0.39, 0.29) is 12.3 Å². The molecule has 0 radical (unpaired) electrons. The number of nitrogens with one attached hydrogen (secondary N) is 1. The molecule has 0 atom stereocenters. The fourth-order valence-electron chi connectivity index (χ4n) is 3.72. The minimum absolute atomic E-state index is 0.143. The summed E-state index contributed by atoms with van der Waals surface area (Å²) in [5.74, 6) is -0.587. The highest BCUT2D eigenvalue weighted by molar-refractivity contribution is 8.02. The number of amides is 1. The number of carbonyl (C=O) groups is 1. The van der Waals surface area contributed by atoms with Crippen molar-refractivity contribution >= 4 is 27.8 Å². The standard InChI is InChI=1S/C27H51NO6S2/c1-5-6-7-8-9-10-11-12-13-14-15-16-17-18-19-20-22-33-34-25(2)35-23-21-26(29)28-27(3,4)24-36(30,31)32/h12-13H,2,5-11,14-24H2,1,3-4H3,(H,28,29)(H,30,31,32)/p-1/b13-12+. The van der Waals surface area contributed by atoms with Gasteiger partial charge in [-0.15, -0.1) is 0 Å². The van der Waals surface area contributed by atoms with Gasteiger partial charge in [0.2, 0.25) is 5.91 Å². The third-order valence-electron chi connectivity index (χ3n) is 5.50. The average molecular weight is 549 g/mol. The Morgan fingerprint density at radius 1 is 0.944 bits per heavy atom. The molecule has 0 heterocycles. The molecule has 0 aromatic heterocycles. The Hall–Kier alpha value is -1.03. The third kappa shape index (κ3) is 26.0. The van der Waals surface area contributed by atoms with Crippen molar-refractivity contribution in [1.82, 2.24) is 5.32 Å². The summed E-state index contributed by atoms with van der Waals surface area (Å²) in [6, 6.07) is 0. The molecule has 0 unspecified atom stereocenters. The van der Waals surface area contributed by atoms with Crippen molar-refractivity contribution in [2.75, 3.05) is 18.1 Å². The van der Waals surface area contributed by atoms with Crippen LogP contribution in [0.1, 0.15) is 117 Å². The first-order chi connectivity index (χ1) is 17.1.